The molecule has 0 heterocycles. The minimum Gasteiger partial charge on any atom is -0.370 e. The largest absolute Gasteiger partial charge is 0.370 e. The maximum atomic E-state index is 10.8. The molecular formula is C13H19NO. The topological polar surface area (TPSA) is 43.1 Å². The summed E-state index contributed by atoms with van der Waals surface area (Å²) in [5.74, 6) is -0.217. The Bertz CT molecular complexity index is 321. The van der Waals surface area contributed by atoms with E-state index in [9.17, 15) is 4.79 Å². The number of amides is 1. The zero-order valence-corrected chi connectivity index (χ0v) is 9.49. The van der Waals surface area contributed by atoms with Crippen molar-refractivity contribution in [1.82, 2.24) is 0 Å². The van der Waals surface area contributed by atoms with Gasteiger partial charge in [-0.1, -0.05) is 44.2 Å². The number of carbonyl (C=O) groups is 1. The number of carbonyl (C=O) groups excluding carboxylic acids is 1. The van der Waals surface area contributed by atoms with Crippen molar-refractivity contribution < 1.29 is 4.79 Å². The Labute approximate surface area is 91.5 Å². The molecule has 0 aliphatic rings. The highest BCUT2D eigenvalue weighted by molar-refractivity contribution is 5.73. The zero-order valence-electron chi connectivity index (χ0n) is 9.49. The average Bonchev–Trinajstić information content (AvgIpc) is 2.27. The predicted octanol–water partition coefficient (Wildman–Crippen LogP) is 2.62. The van der Waals surface area contributed by atoms with E-state index in [2.05, 4.69) is 26.0 Å². The molecule has 15 heavy (non-hydrogen) atoms. The van der Waals surface area contributed by atoms with E-state index in [-0.39, 0.29) is 11.3 Å². The van der Waals surface area contributed by atoms with Gasteiger partial charge in [0.15, 0.2) is 0 Å². The van der Waals surface area contributed by atoms with Crippen molar-refractivity contribution in [2.24, 2.45) is 5.73 Å². The van der Waals surface area contributed by atoms with E-state index in [1.165, 1.54) is 5.56 Å². The summed E-state index contributed by atoms with van der Waals surface area (Å²) in [5.41, 5.74) is 6.55. The molecule has 2 nitrogen and oxygen atoms in total. The Morgan fingerprint density at radius 1 is 1.33 bits per heavy atom. The first-order valence-electron chi connectivity index (χ1n) is 5.42. The van der Waals surface area contributed by atoms with Crippen LogP contribution in [0.2, 0.25) is 0 Å². The van der Waals surface area contributed by atoms with Gasteiger partial charge in [0.1, 0.15) is 0 Å². The molecule has 0 aliphatic heterocycles. The first-order chi connectivity index (χ1) is 7.08. The minimum absolute atomic E-state index is 0.0658. The molecule has 0 aromatic heterocycles. The van der Waals surface area contributed by atoms with Crippen molar-refractivity contribution in [3.63, 3.8) is 0 Å². The Balaban J connectivity index is 2.80. The number of hydrogen-bond donors (Lipinski definition) is 1. The molecular weight excluding hydrogens is 186 g/mol. The lowest BCUT2D eigenvalue weighted by atomic mass is 9.76. The van der Waals surface area contributed by atoms with Gasteiger partial charge < -0.3 is 5.73 Å². The highest BCUT2D eigenvalue weighted by Gasteiger charge is 2.24. The zero-order chi connectivity index (χ0) is 11.3. The van der Waals surface area contributed by atoms with E-state index < -0.39 is 0 Å². The van der Waals surface area contributed by atoms with Crippen molar-refractivity contribution in [3.8, 4) is 0 Å². The lowest BCUT2D eigenvalue weighted by molar-refractivity contribution is -0.118. The van der Waals surface area contributed by atoms with Crippen LogP contribution >= 0.6 is 0 Å². The van der Waals surface area contributed by atoms with E-state index in [1.807, 2.05) is 18.2 Å². The quantitative estimate of drug-likeness (QED) is 0.789. The summed E-state index contributed by atoms with van der Waals surface area (Å²) in [5, 5.41) is 0. The summed E-state index contributed by atoms with van der Waals surface area (Å²) in [7, 11) is 0. The van der Waals surface area contributed by atoms with Crippen LogP contribution in [0.3, 0.4) is 0 Å². The summed E-state index contributed by atoms with van der Waals surface area (Å²) in [4.78, 5) is 10.8. The molecule has 0 saturated heterocycles. The maximum Gasteiger partial charge on any atom is 0.217 e. The monoisotopic (exact) mass is 205 g/mol. The molecule has 1 aromatic carbocycles. The van der Waals surface area contributed by atoms with Crippen molar-refractivity contribution >= 4 is 5.91 Å². The highest BCUT2D eigenvalue weighted by Crippen LogP contribution is 2.31. The second kappa shape index (κ2) is 4.96. The molecule has 0 saturated carbocycles. The van der Waals surface area contributed by atoms with Gasteiger partial charge in [-0.15, -0.1) is 0 Å². The standard InChI is InChI=1S/C13H19NO/c1-3-13(2,10-9-12(14)15)11-7-5-4-6-8-11/h4-8H,3,9-10H2,1-2H3,(H2,14,15). The van der Waals surface area contributed by atoms with Crippen LogP contribution in [0.5, 0.6) is 0 Å². The summed E-state index contributed by atoms with van der Waals surface area (Å²) >= 11 is 0. The van der Waals surface area contributed by atoms with E-state index in [4.69, 9.17) is 5.73 Å². The average molecular weight is 205 g/mol. The SMILES string of the molecule is CCC(C)(CCC(N)=O)c1ccccc1. The second-order valence-electron chi connectivity index (χ2n) is 4.25. The van der Waals surface area contributed by atoms with E-state index in [0.29, 0.717) is 6.42 Å². The molecule has 1 rings (SSSR count). The lowest BCUT2D eigenvalue weighted by Gasteiger charge is -2.28. The molecule has 2 heteroatoms. The summed E-state index contributed by atoms with van der Waals surface area (Å²) in [6, 6.07) is 10.3. The van der Waals surface area contributed by atoms with Crippen LogP contribution in [-0.2, 0) is 10.2 Å². The van der Waals surface area contributed by atoms with Gasteiger partial charge in [-0.2, -0.15) is 0 Å². The fourth-order valence-corrected chi connectivity index (χ4v) is 1.76. The molecule has 0 bridgehead atoms. The van der Waals surface area contributed by atoms with Crippen LogP contribution < -0.4 is 5.73 Å². The second-order valence-corrected chi connectivity index (χ2v) is 4.25. The highest BCUT2D eigenvalue weighted by atomic mass is 16.1. The third kappa shape index (κ3) is 3.08. The molecule has 0 radical (unpaired) electrons. The smallest absolute Gasteiger partial charge is 0.217 e. The molecule has 0 aliphatic carbocycles. The van der Waals surface area contributed by atoms with Gasteiger partial charge in [0.2, 0.25) is 5.91 Å². The third-order valence-corrected chi connectivity index (χ3v) is 3.17. The van der Waals surface area contributed by atoms with Crippen LogP contribution in [0.25, 0.3) is 0 Å². The van der Waals surface area contributed by atoms with Crippen LogP contribution in [0.1, 0.15) is 38.7 Å². The maximum absolute atomic E-state index is 10.8. The molecule has 82 valence electrons. The summed E-state index contributed by atoms with van der Waals surface area (Å²) < 4.78 is 0. The van der Waals surface area contributed by atoms with Crippen LogP contribution in [0.15, 0.2) is 30.3 Å². The minimum atomic E-state index is -0.217. The molecule has 1 atom stereocenters. The van der Waals surface area contributed by atoms with E-state index in [1.54, 1.807) is 0 Å². The number of hydrogen-bond acceptors (Lipinski definition) is 1. The molecule has 1 unspecified atom stereocenters. The van der Waals surface area contributed by atoms with Crippen LogP contribution in [-0.4, -0.2) is 5.91 Å². The van der Waals surface area contributed by atoms with Crippen molar-refractivity contribution in [1.29, 1.82) is 0 Å². The molecule has 2 N–H and O–H groups in total. The van der Waals surface area contributed by atoms with Gasteiger partial charge in [0.25, 0.3) is 0 Å². The number of rotatable bonds is 5. The number of benzene rings is 1. The molecule has 1 amide bonds. The fraction of sp³-hybridized carbons (Fsp3) is 0.462. The summed E-state index contributed by atoms with van der Waals surface area (Å²) in [6.45, 7) is 4.33. The number of primary amides is 1. The van der Waals surface area contributed by atoms with E-state index in [0.717, 1.165) is 12.8 Å². The van der Waals surface area contributed by atoms with Crippen molar-refractivity contribution in [2.45, 2.75) is 38.5 Å². The van der Waals surface area contributed by atoms with Gasteiger partial charge in [0.05, 0.1) is 0 Å². The van der Waals surface area contributed by atoms with Crippen LogP contribution in [0.4, 0.5) is 0 Å². The van der Waals surface area contributed by atoms with Gasteiger partial charge in [0, 0.05) is 6.42 Å². The molecule has 0 fully saturated rings. The first kappa shape index (κ1) is 11.8. The normalized spacial score (nSPS) is 14.5. The Morgan fingerprint density at radius 2 is 1.93 bits per heavy atom. The van der Waals surface area contributed by atoms with E-state index >= 15 is 0 Å². The Hall–Kier alpha value is -1.31. The van der Waals surface area contributed by atoms with Crippen LogP contribution in [0, 0.1) is 0 Å². The van der Waals surface area contributed by atoms with Gasteiger partial charge in [-0.3, -0.25) is 4.79 Å². The summed E-state index contributed by atoms with van der Waals surface area (Å²) in [6.07, 6.45) is 2.30. The number of nitrogens with two attached hydrogens (primary N) is 1. The third-order valence-electron chi connectivity index (χ3n) is 3.17. The van der Waals surface area contributed by atoms with Crippen molar-refractivity contribution in [3.05, 3.63) is 35.9 Å². The fourth-order valence-electron chi connectivity index (χ4n) is 1.76. The predicted molar refractivity (Wildman–Crippen MR) is 62.5 cm³/mol. The lowest BCUT2D eigenvalue weighted by Crippen LogP contribution is -2.24. The Morgan fingerprint density at radius 3 is 2.40 bits per heavy atom. The Kier molecular flexibility index (Phi) is 3.89. The first-order valence-corrected chi connectivity index (χ1v) is 5.42. The van der Waals surface area contributed by atoms with Gasteiger partial charge >= 0.3 is 0 Å². The van der Waals surface area contributed by atoms with Gasteiger partial charge in [-0.05, 0) is 23.8 Å². The van der Waals surface area contributed by atoms with Crippen molar-refractivity contribution in [2.75, 3.05) is 0 Å². The molecule has 0 spiro atoms. The van der Waals surface area contributed by atoms with Gasteiger partial charge in [-0.25, -0.2) is 0 Å². The molecule has 1 aromatic rings.